The number of carbonyl (C=O) groups excluding carboxylic acids is 1. The third-order valence-electron chi connectivity index (χ3n) is 3.07. The van der Waals surface area contributed by atoms with Gasteiger partial charge in [-0.05, 0) is 32.4 Å². The van der Waals surface area contributed by atoms with Crippen molar-refractivity contribution in [1.82, 2.24) is 5.32 Å². The van der Waals surface area contributed by atoms with E-state index in [4.69, 9.17) is 17.3 Å². The Kier molecular flexibility index (Phi) is 7.49. The molecule has 1 amide bonds. The fourth-order valence-corrected chi connectivity index (χ4v) is 2.32. The van der Waals surface area contributed by atoms with E-state index in [0.29, 0.717) is 11.4 Å². The van der Waals surface area contributed by atoms with Crippen molar-refractivity contribution in [3.05, 3.63) is 34.6 Å². The van der Waals surface area contributed by atoms with Crippen LogP contribution in [0.5, 0.6) is 0 Å². The van der Waals surface area contributed by atoms with Crippen LogP contribution < -0.4 is 11.1 Å². The van der Waals surface area contributed by atoms with Gasteiger partial charge in [0, 0.05) is 10.6 Å². The normalized spacial score (nSPS) is 14.9. The van der Waals surface area contributed by atoms with Gasteiger partial charge in [-0.25, -0.2) is 4.39 Å². The first-order chi connectivity index (χ1) is 8.79. The average Bonchev–Trinajstić information content (AvgIpc) is 2.28. The number of hydrogen-bond acceptors (Lipinski definition) is 2. The van der Waals surface area contributed by atoms with Crippen molar-refractivity contribution in [3.8, 4) is 0 Å². The Morgan fingerprint density at radius 3 is 2.65 bits per heavy atom. The molecule has 0 bridgehead atoms. The van der Waals surface area contributed by atoms with E-state index in [1.54, 1.807) is 19.9 Å². The van der Waals surface area contributed by atoms with Crippen LogP contribution in [-0.4, -0.2) is 11.4 Å². The van der Waals surface area contributed by atoms with Crippen molar-refractivity contribution in [2.24, 2.45) is 5.73 Å². The van der Waals surface area contributed by atoms with Crippen LogP contribution in [0, 0.1) is 5.82 Å². The Labute approximate surface area is 130 Å². The Morgan fingerprint density at radius 2 is 2.15 bits per heavy atom. The first-order valence-electron chi connectivity index (χ1n) is 6.33. The maximum atomic E-state index is 13.7. The second-order valence-corrected chi connectivity index (χ2v) is 5.41. The van der Waals surface area contributed by atoms with Gasteiger partial charge in [0.25, 0.3) is 0 Å². The molecule has 3 N–H and O–H groups in total. The zero-order valence-corrected chi connectivity index (χ0v) is 13.4. The highest BCUT2D eigenvalue weighted by molar-refractivity contribution is 6.31. The summed E-state index contributed by atoms with van der Waals surface area (Å²) in [5, 5.41) is 3.01. The molecule has 0 saturated carbocycles. The lowest BCUT2D eigenvalue weighted by molar-refractivity contribution is -0.126. The molecule has 2 atom stereocenters. The molecule has 1 aromatic carbocycles. The van der Waals surface area contributed by atoms with Gasteiger partial charge in [0.1, 0.15) is 5.82 Å². The van der Waals surface area contributed by atoms with Crippen molar-refractivity contribution >= 4 is 29.9 Å². The van der Waals surface area contributed by atoms with E-state index < -0.39 is 17.4 Å². The molecular formula is C14H21Cl2FN2O. The van der Waals surface area contributed by atoms with Gasteiger partial charge in [-0.3, -0.25) is 4.79 Å². The second kappa shape index (κ2) is 7.81. The van der Waals surface area contributed by atoms with E-state index in [1.165, 1.54) is 12.1 Å². The molecule has 0 radical (unpaired) electrons. The van der Waals surface area contributed by atoms with Gasteiger partial charge >= 0.3 is 0 Å². The molecule has 0 aliphatic heterocycles. The monoisotopic (exact) mass is 322 g/mol. The third kappa shape index (κ3) is 4.62. The largest absolute Gasteiger partial charge is 0.348 e. The summed E-state index contributed by atoms with van der Waals surface area (Å²) in [6.07, 6.45) is 1.37. The van der Waals surface area contributed by atoms with Gasteiger partial charge in [-0.15, -0.1) is 12.4 Å². The second-order valence-electron chi connectivity index (χ2n) is 5.00. The number of hydrogen-bond donors (Lipinski definition) is 2. The summed E-state index contributed by atoms with van der Waals surface area (Å²) in [6, 6.07) is 3.91. The van der Waals surface area contributed by atoms with E-state index in [0.717, 1.165) is 6.42 Å². The van der Waals surface area contributed by atoms with E-state index in [2.05, 4.69) is 5.32 Å². The average molecular weight is 323 g/mol. The van der Waals surface area contributed by atoms with Gasteiger partial charge in [-0.2, -0.15) is 0 Å². The topological polar surface area (TPSA) is 55.1 Å². The Hall–Kier alpha value is -0.840. The van der Waals surface area contributed by atoms with Crippen molar-refractivity contribution in [2.45, 2.75) is 45.2 Å². The SMILES string of the molecule is CCCC(C)(N)C(=O)NC(C)c1c(F)cccc1Cl.Cl. The van der Waals surface area contributed by atoms with Crippen LogP contribution in [0.1, 0.15) is 45.2 Å². The lowest BCUT2D eigenvalue weighted by atomic mass is 9.95. The smallest absolute Gasteiger partial charge is 0.240 e. The zero-order valence-electron chi connectivity index (χ0n) is 11.9. The Bertz CT molecular complexity index is 446. The minimum Gasteiger partial charge on any atom is -0.348 e. The third-order valence-corrected chi connectivity index (χ3v) is 3.40. The summed E-state index contributed by atoms with van der Waals surface area (Å²) in [5.41, 5.74) is 5.26. The fraction of sp³-hybridized carbons (Fsp3) is 0.500. The number of rotatable bonds is 5. The van der Waals surface area contributed by atoms with Gasteiger partial charge in [0.15, 0.2) is 0 Å². The van der Waals surface area contributed by atoms with Gasteiger partial charge < -0.3 is 11.1 Å². The molecule has 1 aromatic rings. The number of carbonyl (C=O) groups is 1. The molecule has 0 aliphatic carbocycles. The molecule has 0 aromatic heterocycles. The van der Waals surface area contributed by atoms with Crippen LogP contribution in [0.2, 0.25) is 5.02 Å². The van der Waals surface area contributed by atoms with Crippen molar-refractivity contribution in [2.75, 3.05) is 0 Å². The van der Waals surface area contributed by atoms with E-state index >= 15 is 0 Å². The maximum Gasteiger partial charge on any atom is 0.240 e. The number of nitrogens with one attached hydrogen (secondary N) is 1. The first kappa shape index (κ1) is 19.2. The van der Waals surface area contributed by atoms with Crippen molar-refractivity contribution < 1.29 is 9.18 Å². The lowest BCUT2D eigenvalue weighted by Gasteiger charge is -2.26. The molecule has 0 fully saturated rings. The van der Waals surface area contributed by atoms with E-state index in [9.17, 15) is 9.18 Å². The highest BCUT2D eigenvalue weighted by Crippen LogP contribution is 2.26. The summed E-state index contributed by atoms with van der Waals surface area (Å²) in [7, 11) is 0. The Morgan fingerprint density at radius 1 is 1.55 bits per heavy atom. The number of amides is 1. The summed E-state index contributed by atoms with van der Waals surface area (Å²) in [6.45, 7) is 5.31. The van der Waals surface area contributed by atoms with Crippen LogP contribution in [-0.2, 0) is 4.79 Å². The molecule has 0 spiro atoms. The van der Waals surface area contributed by atoms with Crippen molar-refractivity contribution in [3.63, 3.8) is 0 Å². The Balaban J connectivity index is 0.00000361. The summed E-state index contributed by atoms with van der Waals surface area (Å²) >= 11 is 5.96. The molecule has 6 heteroatoms. The van der Waals surface area contributed by atoms with Crippen LogP contribution >= 0.6 is 24.0 Å². The standard InChI is InChI=1S/C14H20ClFN2O.ClH/c1-4-8-14(3,17)13(19)18-9(2)12-10(15)6-5-7-11(12)16;/h5-7,9H,4,8,17H2,1-3H3,(H,18,19);1H. The number of benzene rings is 1. The summed E-state index contributed by atoms with van der Waals surface area (Å²) in [5.74, 6) is -0.740. The molecule has 0 saturated heterocycles. The summed E-state index contributed by atoms with van der Waals surface area (Å²) < 4.78 is 13.7. The molecule has 2 unspecified atom stereocenters. The highest BCUT2D eigenvalue weighted by Gasteiger charge is 2.29. The fourth-order valence-electron chi connectivity index (χ4n) is 1.99. The zero-order chi connectivity index (χ0) is 14.6. The predicted octanol–water partition coefficient (Wildman–Crippen LogP) is 3.60. The maximum absolute atomic E-state index is 13.7. The molecule has 0 heterocycles. The molecular weight excluding hydrogens is 302 g/mol. The van der Waals surface area contributed by atoms with Gasteiger partial charge in [-0.1, -0.05) is 31.0 Å². The van der Waals surface area contributed by atoms with E-state index in [1.807, 2.05) is 6.92 Å². The highest BCUT2D eigenvalue weighted by atomic mass is 35.5. The molecule has 114 valence electrons. The lowest BCUT2D eigenvalue weighted by Crippen LogP contribution is -2.52. The van der Waals surface area contributed by atoms with Crippen LogP contribution in [0.25, 0.3) is 0 Å². The van der Waals surface area contributed by atoms with E-state index in [-0.39, 0.29) is 23.9 Å². The van der Waals surface area contributed by atoms with Crippen LogP contribution in [0.15, 0.2) is 18.2 Å². The molecule has 20 heavy (non-hydrogen) atoms. The minimum absolute atomic E-state index is 0. The number of halogens is 3. The minimum atomic E-state index is -0.958. The molecule has 3 nitrogen and oxygen atoms in total. The number of nitrogens with two attached hydrogens (primary N) is 1. The quantitative estimate of drug-likeness (QED) is 0.870. The van der Waals surface area contributed by atoms with Crippen LogP contribution in [0.4, 0.5) is 4.39 Å². The van der Waals surface area contributed by atoms with Gasteiger partial charge in [0.05, 0.1) is 11.6 Å². The molecule has 1 rings (SSSR count). The molecule has 0 aliphatic rings. The van der Waals surface area contributed by atoms with Crippen molar-refractivity contribution in [1.29, 1.82) is 0 Å². The first-order valence-corrected chi connectivity index (χ1v) is 6.71. The van der Waals surface area contributed by atoms with Gasteiger partial charge in [0.2, 0.25) is 5.91 Å². The van der Waals surface area contributed by atoms with Crippen LogP contribution in [0.3, 0.4) is 0 Å². The summed E-state index contributed by atoms with van der Waals surface area (Å²) in [4.78, 5) is 12.1. The predicted molar refractivity (Wildman–Crippen MR) is 82.7 cm³/mol.